The van der Waals surface area contributed by atoms with Crippen molar-refractivity contribution in [1.82, 2.24) is 0 Å². The van der Waals surface area contributed by atoms with Crippen molar-refractivity contribution in [2.75, 3.05) is 6.61 Å². The third kappa shape index (κ3) is 2.55. The molecule has 28 heavy (non-hydrogen) atoms. The van der Waals surface area contributed by atoms with Gasteiger partial charge < -0.3 is 13.9 Å². The first-order valence-corrected chi connectivity index (χ1v) is 9.85. The SMILES string of the molecule is CCOc1cccc2c1OC(c1ccc(C)cc1)c1oc3c(c1-2)C(=O)CCC3. The first kappa shape index (κ1) is 17.1. The zero-order valence-electron chi connectivity index (χ0n) is 16.1. The van der Waals surface area contributed by atoms with Crippen LogP contribution in [0.25, 0.3) is 11.1 Å². The zero-order valence-corrected chi connectivity index (χ0v) is 16.1. The van der Waals surface area contributed by atoms with Gasteiger partial charge in [0.1, 0.15) is 5.76 Å². The number of ether oxygens (including phenoxy) is 2. The molecular weight excluding hydrogens is 352 g/mol. The summed E-state index contributed by atoms with van der Waals surface area (Å²) >= 11 is 0. The van der Waals surface area contributed by atoms with Gasteiger partial charge >= 0.3 is 0 Å². The number of aryl methyl sites for hydroxylation is 2. The lowest BCUT2D eigenvalue weighted by molar-refractivity contribution is 0.0970. The summed E-state index contributed by atoms with van der Waals surface area (Å²) in [4.78, 5) is 12.8. The van der Waals surface area contributed by atoms with E-state index in [4.69, 9.17) is 13.9 Å². The van der Waals surface area contributed by atoms with E-state index in [9.17, 15) is 4.79 Å². The molecule has 4 nitrogen and oxygen atoms in total. The Hall–Kier alpha value is -3.01. The fraction of sp³-hybridized carbons (Fsp3) is 0.292. The van der Waals surface area contributed by atoms with Crippen molar-refractivity contribution in [3.8, 4) is 22.6 Å². The molecule has 3 aromatic rings. The summed E-state index contributed by atoms with van der Waals surface area (Å²) in [5, 5.41) is 0. The van der Waals surface area contributed by atoms with Crippen molar-refractivity contribution in [3.05, 3.63) is 70.7 Å². The number of hydrogen-bond acceptors (Lipinski definition) is 4. The van der Waals surface area contributed by atoms with Gasteiger partial charge in [0, 0.05) is 29.5 Å². The van der Waals surface area contributed by atoms with Crippen molar-refractivity contribution in [2.24, 2.45) is 0 Å². The first-order chi connectivity index (χ1) is 13.7. The Morgan fingerprint density at radius 2 is 1.89 bits per heavy atom. The molecule has 0 radical (unpaired) electrons. The minimum Gasteiger partial charge on any atom is -0.490 e. The molecule has 0 bridgehead atoms. The molecule has 0 N–H and O–H groups in total. The second kappa shape index (κ2) is 6.55. The normalized spacial score (nSPS) is 17.4. The van der Waals surface area contributed by atoms with Crippen LogP contribution in [0.1, 0.15) is 58.9 Å². The minimum atomic E-state index is -0.400. The third-order valence-corrected chi connectivity index (χ3v) is 5.50. The lowest BCUT2D eigenvalue weighted by Gasteiger charge is -2.27. The van der Waals surface area contributed by atoms with Crippen LogP contribution >= 0.6 is 0 Å². The summed E-state index contributed by atoms with van der Waals surface area (Å²) in [5.74, 6) is 3.05. The number of rotatable bonds is 3. The first-order valence-electron chi connectivity index (χ1n) is 9.85. The molecule has 0 amide bonds. The summed E-state index contributed by atoms with van der Waals surface area (Å²) in [6, 6.07) is 14.1. The van der Waals surface area contributed by atoms with Gasteiger partial charge in [0.05, 0.1) is 12.2 Å². The molecule has 2 aliphatic rings. The third-order valence-electron chi connectivity index (χ3n) is 5.50. The number of hydrogen-bond donors (Lipinski definition) is 0. The number of carbonyl (C=O) groups is 1. The summed E-state index contributed by atoms with van der Waals surface area (Å²) in [7, 11) is 0. The van der Waals surface area contributed by atoms with Gasteiger partial charge in [0.15, 0.2) is 29.1 Å². The van der Waals surface area contributed by atoms with E-state index < -0.39 is 6.10 Å². The molecule has 0 saturated heterocycles. The zero-order chi connectivity index (χ0) is 19.3. The minimum absolute atomic E-state index is 0.156. The Kier molecular flexibility index (Phi) is 4.00. The molecule has 1 aromatic heterocycles. The molecule has 2 aromatic carbocycles. The van der Waals surface area contributed by atoms with Crippen LogP contribution in [0.4, 0.5) is 0 Å². The van der Waals surface area contributed by atoms with E-state index in [1.807, 2.05) is 25.1 Å². The number of para-hydroxylation sites is 1. The Morgan fingerprint density at radius 1 is 1.07 bits per heavy atom. The van der Waals surface area contributed by atoms with E-state index in [0.717, 1.165) is 46.6 Å². The smallest absolute Gasteiger partial charge is 0.182 e. The van der Waals surface area contributed by atoms with E-state index >= 15 is 0 Å². The number of fused-ring (bicyclic) bond motifs is 5. The average molecular weight is 374 g/mol. The molecule has 2 heterocycles. The highest BCUT2D eigenvalue weighted by Crippen LogP contribution is 2.52. The van der Waals surface area contributed by atoms with Gasteiger partial charge in [-0.3, -0.25) is 4.79 Å². The van der Waals surface area contributed by atoms with E-state index in [0.29, 0.717) is 24.5 Å². The van der Waals surface area contributed by atoms with Crippen molar-refractivity contribution in [3.63, 3.8) is 0 Å². The number of Topliss-reactive ketones (excluding diaryl/α,β-unsaturated/α-hetero) is 1. The van der Waals surface area contributed by atoms with Gasteiger partial charge in [-0.05, 0) is 26.3 Å². The molecular formula is C24H22O4. The molecule has 0 fully saturated rings. The highest BCUT2D eigenvalue weighted by molar-refractivity contribution is 6.06. The topological polar surface area (TPSA) is 48.7 Å². The summed E-state index contributed by atoms with van der Waals surface area (Å²) in [5.41, 5.74) is 4.68. The molecule has 1 aliphatic heterocycles. The van der Waals surface area contributed by atoms with Gasteiger partial charge in [-0.2, -0.15) is 0 Å². The van der Waals surface area contributed by atoms with Gasteiger partial charge in [-0.15, -0.1) is 0 Å². The maximum absolute atomic E-state index is 12.8. The standard InChI is InChI=1S/C24H22O4/c1-3-26-19-9-4-6-16-20-21-17(25)7-5-8-18(21)27-24(20)22(28-23(16)19)15-12-10-14(2)11-13-15/h4,6,9-13,22H,3,5,7-8H2,1-2H3. The van der Waals surface area contributed by atoms with E-state index in [1.54, 1.807) is 0 Å². The lowest BCUT2D eigenvalue weighted by Crippen LogP contribution is -2.16. The van der Waals surface area contributed by atoms with Crippen LogP contribution in [0.15, 0.2) is 46.9 Å². The second-order valence-corrected chi connectivity index (χ2v) is 7.39. The highest BCUT2D eigenvalue weighted by atomic mass is 16.5. The van der Waals surface area contributed by atoms with Crippen LogP contribution in [0, 0.1) is 6.92 Å². The molecule has 1 atom stereocenters. The molecule has 4 heteroatoms. The monoisotopic (exact) mass is 374 g/mol. The number of carbonyl (C=O) groups excluding carboxylic acids is 1. The summed E-state index contributed by atoms with van der Waals surface area (Å²) < 4.78 is 18.5. The predicted octanol–water partition coefficient (Wildman–Crippen LogP) is 5.65. The highest BCUT2D eigenvalue weighted by Gasteiger charge is 2.39. The molecule has 5 rings (SSSR count). The van der Waals surface area contributed by atoms with Crippen LogP contribution in [-0.4, -0.2) is 12.4 Å². The number of furan rings is 1. The van der Waals surface area contributed by atoms with Crippen LogP contribution in [0.2, 0.25) is 0 Å². The Bertz CT molecular complexity index is 1060. The Balaban J connectivity index is 1.77. The van der Waals surface area contributed by atoms with Gasteiger partial charge in [0.2, 0.25) is 0 Å². The lowest BCUT2D eigenvalue weighted by atomic mass is 9.87. The fourth-order valence-electron chi connectivity index (χ4n) is 4.19. The van der Waals surface area contributed by atoms with Crippen LogP contribution in [-0.2, 0) is 6.42 Å². The molecule has 1 unspecified atom stereocenters. The molecule has 0 saturated carbocycles. The maximum Gasteiger partial charge on any atom is 0.182 e. The van der Waals surface area contributed by atoms with Crippen molar-refractivity contribution in [1.29, 1.82) is 0 Å². The second-order valence-electron chi connectivity index (χ2n) is 7.39. The molecule has 142 valence electrons. The molecule has 1 aliphatic carbocycles. The van der Waals surface area contributed by atoms with Crippen LogP contribution < -0.4 is 9.47 Å². The van der Waals surface area contributed by atoms with Crippen molar-refractivity contribution >= 4 is 5.78 Å². The van der Waals surface area contributed by atoms with E-state index in [2.05, 4.69) is 31.2 Å². The van der Waals surface area contributed by atoms with Gasteiger partial charge in [0.25, 0.3) is 0 Å². The fourth-order valence-corrected chi connectivity index (χ4v) is 4.19. The number of benzene rings is 2. The van der Waals surface area contributed by atoms with Crippen LogP contribution in [0.3, 0.4) is 0 Å². The van der Waals surface area contributed by atoms with Crippen molar-refractivity contribution < 1.29 is 18.7 Å². The average Bonchev–Trinajstić information content (AvgIpc) is 3.10. The summed E-state index contributed by atoms with van der Waals surface area (Å²) in [6.45, 7) is 4.56. The van der Waals surface area contributed by atoms with Crippen molar-refractivity contribution in [2.45, 2.75) is 39.2 Å². The molecule has 0 spiro atoms. The van der Waals surface area contributed by atoms with Gasteiger partial charge in [-0.1, -0.05) is 42.0 Å². The van der Waals surface area contributed by atoms with E-state index in [1.165, 1.54) is 5.56 Å². The van der Waals surface area contributed by atoms with Gasteiger partial charge in [-0.25, -0.2) is 0 Å². The quantitative estimate of drug-likeness (QED) is 0.594. The number of ketones is 1. The Labute approximate surface area is 164 Å². The largest absolute Gasteiger partial charge is 0.490 e. The predicted molar refractivity (Wildman–Crippen MR) is 106 cm³/mol. The van der Waals surface area contributed by atoms with E-state index in [-0.39, 0.29) is 5.78 Å². The summed E-state index contributed by atoms with van der Waals surface area (Å²) in [6.07, 6.45) is 1.79. The van der Waals surface area contributed by atoms with Crippen LogP contribution in [0.5, 0.6) is 11.5 Å². The Morgan fingerprint density at radius 3 is 2.68 bits per heavy atom. The maximum atomic E-state index is 12.8.